The van der Waals surface area contributed by atoms with Crippen molar-refractivity contribution < 1.29 is 19.1 Å². The van der Waals surface area contributed by atoms with Gasteiger partial charge in [0.25, 0.3) is 0 Å². The molecule has 0 saturated heterocycles. The zero-order valence-corrected chi connectivity index (χ0v) is 12.7. The minimum atomic E-state index is 0.398. The summed E-state index contributed by atoms with van der Waals surface area (Å²) < 4.78 is 10.2. The van der Waals surface area contributed by atoms with Gasteiger partial charge in [0.15, 0.2) is 0 Å². The van der Waals surface area contributed by atoms with Gasteiger partial charge < -0.3 is 9.47 Å². The molecule has 0 aliphatic heterocycles. The Morgan fingerprint density at radius 1 is 0.636 bits per heavy atom. The lowest BCUT2D eigenvalue weighted by molar-refractivity contribution is 0.0992. The molecule has 0 unspecified atom stereocenters. The first-order valence-electron chi connectivity index (χ1n) is 6.85. The highest BCUT2D eigenvalue weighted by molar-refractivity contribution is 5.45. The van der Waals surface area contributed by atoms with Crippen molar-refractivity contribution in [2.45, 2.75) is 0 Å². The van der Waals surface area contributed by atoms with Crippen LogP contribution in [0.5, 0.6) is 11.5 Å². The Morgan fingerprint density at radius 3 is 1.32 bits per heavy atom. The Labute approximate surface area is 129 Å². The van der Waals surface area contributed by atoms with Gasteiger partial charge in [0.2, 0.25) is 0 Å². The number of hydrogen-bond donors (Lipinski definition) is 2. The first-order chi connectivity index (χ1) is 10.8. The van der Waals surface area contributed by atoms with E-state index < -0.39 is 0 Å². The Hall–Kier alpha value is -2.44. The molecule has 6 heteroatoms. The SMILES string of the molecule is COc1ccc(NOCCONc2ccc(OC)cc2)cc1. The van der Waals surface area contributed by atoms with Gasteiger partial charge in [0.05, 0.1) is 25.6 Å². The predicted molar refractivity (Wildman–Crippen MR) is 85.1 cm³/mol. The van der Waals surface area contributed by atoms with E-state index in [4.69, 9.17) is 19.1 Å². The summed E-state index contributed by atoms with van der Waals surface area (Å²) in [5, 5.41) is 0. The molecule has 2 aromatic rings. The van der Waals surface area contributed by atoms with Gasteiger partial charge in [0.1, 0.15) is 24.7 Å². The highest BCUT2D eigenvalue weighted by Gasteiger charge is 1.96. The number of rotatable bonds is 9. The third-order valence-electron chi connectivity index (χ3n) is 2.85. The fraction of sp³-hybridized carbons (Fsp3) is 0.250. The van der Waals surface area contributed by atoms with Crippen molar-refractivity contribution in [2.24, 2.45) is 0 Å². The molecule has 0 bridgehead atoms. The summed E-state index contributed by atoms with van der Waals surface area (Å²) in [6, 6.07) is 14.9. The second-order valence-corrected chi connectivity index (χ2v) is 4.36. The minimum absolute atomic E-state index is 0.398. The molecule has 0 spiro atoms. The van der Waals surface area contributed by atoms with Crippen LogP contribution in [0.1, 0.15) is 0 Å². The zero-order valence-electron chi connectivity index (χ0n) is 12.7. The molecule has 0 atom stereocenters. The summed E-state index contributed by atoms with van der Waals surface area (Å²) >= 11 is 0. The van der Waals surface area contributed by atoms with Crippen molar-refractivity contribution in [2.75, 3.05) is 38.4 Å². The van der Waals surface area contributed by atoms with Gasteiger partial charge in [-0.05, 0) is 48.5 Å². The Bertz CT molecular complexity index is 492. The lowest BCUT2D eigenvalue weighted by atomic mass is 10.3. The van der Waals surface area contributed by atoms with E-state index in [0.29, 0.717) is 13.2 Å². The molecule has 22 heavy (non-hydrogen) atoms. The fourth-order valence-corrected chi connectivity index (χ4v) is 1.67. The molecule has 2 rings (SSSR count). The summed E-state index contributed by atoms with van der Waals surface area (Å²) in [4.78, 5) is 10.6. The summed E-state index contributed by atoms with van der Waals surface area (Å²) in [6.07, 6.45) is 0. The van der Waals surface area contributed by atoms with Crippen LogP contribution in [-0.4, -0.2) is 27.4 Å². The number of benzene rings is 2. The molecule has 6 nitrogen and oxygen atoms in total. The largest absolute Gasteiger partial charge is 0.497 e. The van der Waals surface area contributed by atoms with Crippen LogP contribution < -0.4 is 20.4 Å². The molecule has 2 aromatic carbocycles. The lowest BCUT2D eigenvalue weighted by Crippen LogP contribution is -2.11. The van der Waals surface area contributed by atoms with Crippen molar-refractivity contribution in [1.82, 2.24) is 0 Å². The number of methoxy groups -OCH3 is 2. The molecule has 0 aliphatic carbocycles. The average molecular weight is 304 g/mol. The van der Waals surface area contributed by atoms with E-state index in [9.17, 15) is 0 Å². The van der Waals surface area contributed by atoms with E-state index in [1.165, 1.54) is 0 Å². The fourth-order valence-electron chi connectivity index (χ4n) is 1.67. The van der Waals surface area contributed by atoms with Crippen LogP contribution in [0.2, 0.25) is 0 Å². The Morgan fingerprint density at radius 2 is 1.00 bits per heavy atom. The third kappa shape index (κ3) is 5.16. The zero-order chi connectivity index (χ0) is 15.6. The first-order valence-corrected chi connectivity index (χ1v) is 6.85. The quantitative estimate of drug-likeness (QED) is 0.548. The number of nitrogens with one attached hydrogen (secondary N) is 2. The summed E-state index contributed by atoms with van der Waals surface area (Å²) in [6.45, 7) is 0.796. The maximum atomic E-state index is 5.29. The molecular formula is C16H20N2O4. The van der Waals surface area contributed by atoms with Gasteiger partial charge >= 0.3 is 0 Å². The topological polar surface area (TPSA) is 61.0 Å². The summed E-state index contributed by atoms with van der Waals surface area (Å²) in [5.74, 6) is 1.61. The molecule has 2 N–H and O–H groups in total. The van der Waals surface area contributed by atoms with Crippen LogP contribution in [0.4, 0.5) is 11.4 Å². The van der Waals surface area contributed by atoms with Crippen LogP contribution in [0.15, 0.2) is 48.5 Å². The highest BCUT2D eigenvalue weighted by atomic mass is 16.7. The lowest BCUT2D eigenvalue weighted by Gasteiger charge is -2.09. The number of anilines is 2. The van der Waals surface area contributed by atoms with Crippen LogP contribution in [0.25, 0.3) is 0 Å². The molecular weight excluding hydrogens is 284 g/mol. The summed E-state index contributed by atoms with van der Waals surface area (Å²) in [5.41, 5.74) is 7.36. The normalized spacial score (nSPS) is 10.1. The maximum absolute atomic E-state index is 5.29. The molecule has 0 amide bonds. The third-order valence-corrected chi connectivity index (χ3v) is 2.85. The van der Waals surface area contributed by atoms with E-state index >= 15 is 0 Å². The van der Waals surface area contributed by atoms with Crippen molar-refractivity contribution in [3.8, 4) is 11.5 Å². The molecule has 0 saturated carbocycles. The standard InChI is InChI=1S/C16H20N2O4/c1-19-15-7-3-13(4-8-15)17-21-11-12-22-18-14-5-9-16(20-2)10-6-14/h3-10,17-18H,11-12H2,1-2H3. The first kappa shape index (κ1) is 15.9. The number of hydrogen-bond acceptors (Lipinski definition) is 6. The molecule has 0 fully saturated rings. The van der Waals surface area contributed by atoms with Gasteiger partial charge in [-0.1, -0.05) is 0 Å². The van der Waals surface area contributed by atoms with Gasteiger partial charge in [-0.25, -0.2) is 0 Å². The van der Waals surface area contributed by atoms with E-state index in [1.807, 2.05) is 48.5 Å². The predicted octanol–water partition coefficient (Wildman–Crippen LogP) is 3.09. The van der Waals surface area contributed by atoms with Crippen LogP contribution in [-0.2, 0) is 9.68 Å². The minimum Gasteiger partial charge on any atom is -0.497 e. The highest BCUT2D eigenvalue weighted by Crippen LogP contribution is 2.15. The smallest absolute Gasteiger partial charge is 0.119 e. The van der Waals surface area contributed by atoms with Crippen molar-refractivity contribution in [1.29, 1.82) is 0 Å². The molecule has 0 heterocycles. The average Bonchev–Trinajstić information content (AvgIpc) is 2.59. The second-order valence-electron chi connectivity index (χ2n) is 4.36. The van der Waals surface area contributed by atoms with Gasteiger partial charge in [-0.15, -0.1) is 0 Å². The van der Waals surface area contributed by atoms with Crippen molar-refractivity contribution >= 4 is 11.4 Å². The van der Waals surface area contributed by atoms with Gasteiger partial charge in [-0.2, -0.15) is 0 Å². The van der Waals surface area contributed by atoms with Crippen LogP contribution in [0, 0.1) is 0 Å². The van der Waals surface area contributed by atoms with Crippen LogP contribution >= 0.6 is 0 Å². The molecule has 0 aliphatic rings. The van der Waals surface area contributed by atoms with E-state index in [1.54, 1.807) is 14.2 Å². The number of ether oxygens (including phenoxy) is 2. The van der Waals surface area contributed by atoms with Crippen molar-refractivity contribution in [3.05, 3.63) is 48.5 Å². The van der Waals surface area contributed by atoms with Gasteiger partial charge in [-0.3, -0.25) is 20.6 Å². The maximum Gasteiger partial charge on any atom is 0.119 e. The van der Waals surface area contributed by atoms with Gasteiger partial charge in [0, 0.05) is 0 Å². The Kier molecular flexibility index (Phi) is 6.35. The Balaban J connectivity index is 1.58. The molecule has 0 aromatic heterocycles. The molecule has 118 valence electrons. The van der Waals surface area contributed by atoms with E-state index in [2.05, 4.69) is 11.0 Å². The second kappa shape index (κ2) is 8.76. The monoisotopic (exact) mass is 304 g/mol. The van der Waals surface area contributed by atoms with E-state index in [-0.39, 0.29) is 0 Å². The van der Waals surface area contributed by atoms with Crippen molar-refractivity contribution in [3.63, 3.8) is 0 Å². The molecule has 0 radical (unpaired) electrons. The summed E-state index contributed by atoms with van der Waals surface area (Å²) in [7, 11) is 3.26. The van der Waals surface area contributed by atoms with Crippen LogP contribution in [0.3, 0.4) is 0 Å². The van der Waals surface area contributed by atoms with E-state index in [0.717, 1.165) is 22.9 Å².